The lowest BCUT2D eigenvalue weighted by molar-refractivity contribution is 1.11. The van der Waals surface area contributed by atoms with Crippen molar-refractivity contribution < 1.29 is 0 Å². The fourth-order valence-corrected chi connectivity index (χ4v) is 2.62. The summed E-state index contributed by atoms with van der Waals surface area (Å²) in [7, 11) is 0. The first-order chi connectivity index (χ1) is 10.1. The quantitative estimate of drug-likeness (QED) is 0.745. The topological polar surface area (TPSA) is 24.9 Å². The predicted octanol–water partition coefficient (Wildman–Crippen LogP) is 4.77. The maximum Gasteiger partial charge on any atom is 0.0936 e. The van der Waals surface area contributed by atoms with Crippen molar-refractivity contribution in [2.24, 2.45) is 0 Å². The highest BCUT2D eigenvalue weighted by atomic mass is 14.9. The Morgan fingerprint density at radius 1 is 0.952 bits per heavy atom. The molecule has 0 atom stereocenters. The van der Waals surface area contributed by atoms with Crippen molar-refractivity contribution in [2.45, 2.75) is 27.3 Å². The van der Waals surface area contributed by atoms with Crippen LogP contribution in [0.4, 0.5) is 5.69 Å². The predicted molar refractivity (Wildman–Crippen MR) is 89.7 cm³/mol. The van der Waals surface area contributed by atoms with Crippen LogP contribution in [0.2, 0.25) is 0 Å². The summed E-state index contributed by atoms with van der Waals surface area (Å²) in [6.07, 6.45) is 0. The number of rotatable bonds is 3. The molecule has 21 heavy (non-hydrogen) atoms. The Kier molecular flexibility index (Phi) is 3.61. The molecule has 1 aromatic heterocycles. The average molecular weight is 276 g/mol. The molecular weight excluding hydrogens is 256 g/mol. The molecule has 0 amide bonds. The minimum absolute atomic E-state index is 0.820. The average Bonchev–Trinajstić information content (AvgIpc) is 2.46. The summed E-state index contributed by atoms with van der Waals surface area (Å²) < 4.78 is 0. The molecule has 3 aromatic rings. The lowest BCUT2D eigenvalue weighted by Crippen LogP contribution is -2.02. The molecule has 2 nitrogen and oxygen atoms in total. The monoisotopic (exact) mass is 276 g/mol. The van der Waals surface area contributed by atoms with Crippen LogP contribution in [0.5, 0.6) is 0 Å². The fourth-order valence-electron chi connectivity index (χ4n) is 2.62. The Hall–Kier alpha value is -2.35. The van der Waals surface area contributed by atoms with Gasteiger partial charge in [0, 0.05) is 17.6 Å². The van der Waals surface area contributed by atoms with Crippen LogP contribution in [0, 0.1) is 20.8 Å². The van der Waals surface area contributed by atoms with E-state index in [1.54, 1.807) is 0 Å². The molecule has 0 spiro atoms. The van der Waals surface area contributed by atoms with Gasteiger partial charge in [-0.05, 0) is 44.0 Å². The fraction of sp³-hybridized carbons (Fsp3) is 0.211. The number of aromatic nitrogens is 1. The molecule has 0 saturated carbocycles. The Morgan fingerprint density at radius 3 is 2.62 bits per heavy atom. The van der Waals surface area contributed by atoms with Crippen LogP contribution in [0.15, 0.2) is 48.5 Å². The highest BCUT2D eigenvalue weighted by Crippen LogP contribution is 2.23. The molecule has 1 heterocycles. The summed E-state index contributed by atoms with van der Waals surface area (Å²) in [6, 6.07) is 17.0. The first-order valence-electron chi connectivity index (χ1n) is 7.30. The van der Waals surface area contributed by atoms with E-state index in [-0.39, 0.29) is 0 Å². The van der Waals surface area contributed by atoms with Crippen LogP contribution in [0.3, 0.4) is 0 Å². The van der Waals surface area contributed by atoms with Gasteiger partial charge in [-0.3, -0.25) is 4.98 Å². The van der Waals surface area contributed by atoms with E-state index in [9.17, 15) is 0 Å². The second-order valence-corrected chi connectivity index (χ2v) is 5.61. The van der Waals surface area contributed by atoms with Crippen LogP contribution in [0.1, 0.15) is 22.4 Å². The van der Waals surface area contributed by atoms with Gasteiger partial charge in [-0.2, -0.15) is 0 Å². The van der Waals surface area contributed by atoms with E-state index < -0.39 is 0 Å². The van der Waals surface area contributed by atoms with Gasteiger partial charge in [-0.25, -0.2) is 0 Å². The van der Waals surface area contributed by atoms with E-state index in [4.69, 9.17) is 0 Å². The van der Waals surface area contributed by atoms with Gasteiger partial charge in [-0.15, -0.1) is 0 Å². The zero-order chi connectivity index (χ0) is 14.8. The van der Waals surface area contributed by atoms with Crippen molar-refractivity contribution in [1.29, 1.82) is 0 Å². The number of fused-ring (bicyclic) bond motifs is 1. The molecule has 0 radical (unpaired) electrons. The molecule has 0 aliphatic carbocycles. The number of benzene rings is 2. The van der Waals surface area contributed by atoms with Gasteiger partial charge in [0.25, 0.3) is 0 Å². The number of nitrogens with zero attached hydrogens (tertiary/aromatic N) is 1. The van der Waals surface area contributed by atoms with Gasteiger partial charge in [0.2, 0.25) is 0 Å². The molecule has 0 aliphatic heterocycles. The molecule has 0 saturated heterocycles. The molecule has 0 bridgehead atoms. The minimum Gasteiger partial charge on any atom is -0.379 e. The summed E-state index contributed by atoms with van der Waals surface area (Å²) in [5.41, 5.74) is 7.14. The smallest absolute Gasteiger partial charge is 0.0936 e. The van der Waals surface area contributed by atoms with Crippen LogP contribution < -0.4 is 5.32 Å². The minimum atomic E-state index is 0.820. The maximum atomic E-state index is 4.66. The number of hydrogen-bond acceptors (Lipinski definition) is 2. The van der Waals surface area contributed by atoms with Gasteiger partial charge in [0.15, 0.2) is 0 Å². The Morgan fingerprint density at radius 2 is 1.81 bits per heavy atom. The highest BCUT2D eigenvalue weighted by Gasteiger charge is 2.04. The Bertz CT molecular complexity index is 791. The molecule has 1 N–H and O–H groups in total. The summed E-state index contributed by atoms with van der Waals surface area (Å²) in [4.78, 5) is 4.66. The van der Waals surface area contributed by atoms with E-state index in [2.05, 4.69) is 72.7 Å². The van der Waals surface area contributed by atoms with Crippen LogP contribution in [0.25, 0.3) is 10.9 Å². The van der Waals surface area contributed by atoms with Gasteiger partial charge in [-0.1, -0.05) is 42.0 Å². The van der Waals surface area contributed by atoms with Gasteiger partial charge in [0.05, 0.1) is 11.2 Å². The van der Waals surface area contributed by atoms with Crippen LogP contribution >= 0.6 is 0 Å². The van der Waals surface area contributed by atoms with Crippen molar-refractivity contribution in [2.75, 3.05) is 5.32 Å². The summed E-state index contributed by atoms with van der Waals surface area (Å²) in [5, 5.41) is 4.70. The highest BCUT2D eigenvalue weighted by molar-refractivity contribution is 5.90. The third-order valence-electron chi connectivity index (χ3n) is 3.83. The summed E-state index contributed by atoms with van der Waals surface area (Å²) in [5.74, 6) is 0. The lowest BCUT2D eigenvalue weighted by Gasteiger charge is -2.12. The molecule has 0 unspecified atom stereocenters. The van der Waals surface area contributed by atoms with Crippen molar-refractivity contribution in [1.82, 2.24) is 4.98 Å². The van der Waals surface area contributed by atoms with E-state index in [1.165, 1.54) is 22.1 Å². The number of nitrogens with one attached hydrogen (secondary N) is 1. The maximum absolute atomic E-state index is 4.66. The SMILES string of the molecule is Cc1ccc(CNc2cccc3ccc(C)nc23)c(C)c1. The molecule has 106 valence electrons. The molecule has 3 rings (SSSR count). The number of para-hydroxylation sites is 1. The van der Waals surface area contributed by atoms with Gasteiger partial charge in [0.1, 0.15) is 0 Å². The van der Waals surface area contributed by atoms with Gasteiger partial charge < -0.3 is 5.32 Å². The van der Waals surface area contributed by atoms with E-state index in [0.717, 1.165) is 23.4 Å². The van der Waals surface area contributed by atoms with Crippen molar-refractivity contribution in [3.05, 3.63) is 70.9 Å². The number of hydrogen-bond donors (Lipinski definition) is 1. The largest absolute Gasteiger partial charge is 0.379 e. The van der Waals surface area contributed by atoms with Crippen molar-refractivity contribution >= 4 is 16.6 Å². The van der Waals surface area contributed by atoms with Crippen molar-refractivity contribution in [3.8, 4) is 0 Å². The Labute approximate surface area is 125 Å². The third kappa shape index (κ3) is 2.89. The second-order valence-electron chi connectivity index (χ2n) is 5.61. The van der Waals surface area contributed by atoms with E-state index in [1.807, 2.05) is 6.92 Å². The van der Waals surface area contributed by atoms with Crippen LogP contribution in [-0.4, -0.2) is 4.98 Å². The van der Waals surface area contributed by atoms with E-state index in [0.29, 0.717) is 0 Å². The molecule has 0 aliphatic rings. The van der Waals surface area contributed by atoms with Crippen molar-refractivity contribution in [3.63, 3.8) is 0 Å². The first kappa shape index (κ1) is 13.6. The summed E-state index contributed by atoms with van der Waals surface area (Å²) in [6.45, 7) is 7.14. The van der Waals surface area contributed by atoms with Crippen LogP contribution in [-0.2, 0) is 6.54 Å². The molecule has 0 fully saturated rings. The Balaban J connectivity index is 1.90. The van der Waals surface area contributed by atoms with E-state index >= 15 is 0 Å². The lowest BCUT2D eigenvalue weighted by atomic mass is 10.1. The summed E-state index contributed by atoms with van der Waals surface area (Å²) >= 11 is 0. The third-order valence-corrected chi connectivity index (χ3v) is 3.83. The van der Waals surface area contributed by atoms with Gasteiger partial charge >= 0.3 is 0 Å². The second kappa shape index (κ2) is 5.57. The zero-order valence-corrected chi connectivity index (χ0v) is 12.8. The number of pyridine rings is 1. The number of anilines is 1. The molecule has 2 aromatic carbocycles. The molecule has 2 heteroatoms. The first-order valence-corrected chi connectivity index (χ1v) is 7.30. The molecular formula is C19H20N2. The zero-order valence-electron chi connectivity index (χ0n) is 12.8. The normalized spacial score (nSPS) is 10.8. The number of aryl methyl sites for hydroxylation is 3. The standard InChI is InChI=1S/C19H20N2/c1-13-7-9-17(14(2)11-13)12-20-18-6-4-5-16-10-8-15(3)21-19(16)18/h4-11,20H,12H2,1-3H3.